The van der Waals surface area contributed by atoms with Crippen molar-refractivity contribution in [3.8, 4) is 0 Å². The third-order valence-electron chi connectivity index (χ3n) is 15.6. The van der Waals surface area contributed by atoms with Crippen molar-refractivity contribution in [1.29, 1.82) is 0 Å². The summed E-state index contributed by atoms with van der Waals surface area (Å²) in [4.78, 5) is 7.59. The maximum atomic E-state index is 7.34. The Balaban J connectivity index is 1.30. The monoisotopic (exact) mass is 958 g/mol. The molecule has 11 rings (SSSR count). The molecular formula is C68H72BN3O. The minimum atomic E-state index is -0.126. The molecular weight excluding hydrogens is 886 g/mol. The molecule has 0 saturated carbocycles. The van der Waals surface area contributed by atoms with Gasteiger partial charge in [0, 0.05) is 50.6 Å². The Labute approximate surface area is 435 Å². The summed E-state index contributed by atoms with van der Waals surface area (Å²) >= 11 is 0. The zero-order valence-corrected chi connectivity index (χ0v) is 45.9. The van der Waals surface area contributed by atoms with E-state index >= 15 is 0 Å². The van der Waals surface area contributed by atoms with Crippen LogP contribution < -0.4 is 31.1 Å². The third-order valence-corrected chi connectivity index (χ3v) is 15.6. The second-order valence-electron chi connectivity index (χ2n) is 26.0. The lowest BCUT2D eigenvalue weighted by Gasteiger charge is -2.46. The Bertz CT molecular complexity index is 3510. The fourth-order valence-corrected chi connectivity index (χ4v) is 11.3. The Morgan fingerprint density at radius 2 is 0.822 bits per heavy atom. The number of fused-ring (bicyclic) bond motifs is 7. The van der Waals surface area contributed by atoms with E-state index < -0.39 is 0 Å². The van der Waals surface area contributed by atoms with Crippen molar-refractivity contribution in [2.45, 2.75) is 131 Å². The second-order valence-corrected chi connectivity index (χ2v) is 26.0. The molecule has 0 N–H and O–H groups in total. The summed E-state index contributed by atoms with van der Waals surface area (Å²) in [5.74, 6) is 0. The first-order valence-electron chi connectivity index (χ1n) is 26.5. The lowest BCUT2D eigenvalue weighted by molar-refractivity contribution is 0.590. The topological polar surface area (TPSA) is 22.9 Å². The van der Waals surface area contributed by atoms with Crippen molar-refractivity contribution < 1.29 is 4.42 Å². The van der Waals surface area contributed by atoms with E-state index in [0.717, 1.165) is 61.8 Å². The Morgan fingerprint density at radius 1 is 0.384 bits per heavy atom. The van der Waals surface area contributed by atoms with Crippen LogP contribution in [0.2, 0.25) is 0 Å². The first-order chi connectivity index (χ1) is 34.4. The van der Waals surface area contributed by atoms with Gasteiger partial charge in [-0.25, -0.2) is 0 Å². The summed E-state index contributed by atoms with van der Waals surface area (Å²) in [6.07, 6.45) is 0. The Kier molecular flexibility index (Phi) is 11.1. The zero-order chi connectivity index (χ0) is 51.7. The van der Waals surface area contributed by atoms with E-state index in [1.165, 1.54) is 55.6 Å². The van der Waals surface area contributed by atoms with Crippen molar-refractivity contribution in [2.24, 2.45) is 0 Å². The lowest BCUT2D eigenvalue weighted by atomic mass is 9.33. The van der Waals surface area contributed by atoms with E-state index in [0.29, 0.717) is 0 Å². The van der Waals surface area contributed by atoms with Gasteiger partial charge < -0.3 is 19.1 Å². The number of hydrogen-bond donors (Lipinski definition) is 0. The Hall–Kier alpha value is -6.98. The van der Waals surface area contributed by atoms with Gasteiger partial charge in [-0.1, -0.05) is 195 Å². The van der Waals surface area contributed by atoms with Gasteiger partial charge in [0.25, 0.3) is 6.71 Å². The SMILES string of the molecule is CC(C)(C)c1ccc(N2c3ccc(C(C)(C)C)cc3B3c4cc5c(oc6ccccc65)c(N(c5ccc(C(C)(C)C)cc5)c5ccc(C(C)(C)C)cc5)c4N(c4ccc(C(C)(C)C)cc4)c4cccc2c43)cc1. The largest absolute Gasteiger partial charge is 0.454 e. The third kappa shape index (κ3) is 8.24. The molecule has 0 spiro atoms. The molecule has 4 nitrogen and oxygen atoms in total. The molecule has 2 aliphatic heterocycles. The number of para-hydroxylation sites is 1. The molecule has 1 aromatic heterocycles. The van der Waals surface area contributed by atoms with E-state index in [2.05, 4.69) is 282 Å². The van der Waals surface area contributed by atoms with Gasteiger partial charge in [0.2, 0.25) is 0 Å². The minimum absolute atomic E-state index is 0.0180. The van der Waals surface area contributed by atoms with E-state index in [9.17, 15) is 0 Å². The van der Waals surface area contributed by atoms with Gasteiger partial charge in [-0.3, -0.25) is 0 Å². The molecule has 73 heavy (non-hydrogen) atoms. The molecule has 0 amide bonds. The first-order valence-corrected chi connectivity index (χ1v) is 26.5. The molecule has 0 unspecified atom stereocenters. The van der Waals surface area contributed by atoms with Crippen LogP contribution in [0.15, 0.2) is 168 Å². The van der Waals surface area contributed by atoms with Gasteiger partial charge in [0.15, 0.2) is 5.58 Å². The predicted octanol–water partition coefficient (Wildman–Crippen LogP) is 17.6. The normalized spacial score (nSPS) is 13.9. The summed E-state index contributed by atoms with van der Waals surface area (Å²) in [6, 6.07) is 62.5. The van der Waals surface area contributed by atoms with E-state index in [1.54, 1.807) is 0 Å². The van der Waals surface area contributed by atoms with Crippen LogP contribution in [0.1, 0.15) is 132 Å². The fourth-order valence-electron chi connectivity index (χ4n) is 11.3. The highest BCUT2D eigenvalue weighted by Gasteiger charge is 2.46. The van der Waals surface area contributed by atoms with Crippen LogP contribution in [0, 0.1) is 0 Å². The van der Waals surface area contributed by atoms with Gasteiger partial charge in [-0.2, -0.15) is 0 Å². The summed E-state index contributed by atoms with van der Waals surface area (Å²) < 4.78 is 7.34. The number of benzene rings is 8. The highest BCUT2D eigenvalue weighted by Crippen LogP contribution is 2.53. The lowest BCUT2D eigenvalue weighted by Crippen LogP contribution is -2.61. The standard InChI is InChI=1S/C68H72BN3O/c1-64(2,3)43-23-32-48(33-24-43)70(49-34-25-44(26-35-49)65(4,5)6)62-61-55(42-53-52-19-16-17-22-59(52)73-63(53)62)69-54-41-47(68(13,14)15)31-40-56(54)71(50-36-27-45(28-37-50)66(7,8)9)57-20-18-21-58(60(57)69)72(61)51-38-29-46(30-39-51)67(10,11)12/h16-42H,1-15H3. The maximum absolute atomic E-state index is 7.34. The van der Waals surface area contributed by atoms with Crippen molar-refractivity contribution in [1.82, 2.24) is 0 Å². The molecule has 368 valence electrons. The molecule has 0 radical (unpaired) electrons. The van der Waals surface area contributed by atoms with Gasteiger partial charge in [-0.15, -0.1) is 0 Å². The summed E-state index contributed by atoms with van der Waals surface area (Å²) in [7, 11) is 0. The van der Waals surface area contributed by atoms with Gasteiger partial charge in [-0.05, 0) is 144 Å². The minimum Gasteiger partial charge on any atom is -0.454 e. The van der Waals surface area contributed by atoms with E-state index in [1.807, 2.05) is 0 Å². The number of furan rings is 1. The van der Waals surface area contributed by atoms with E-state index in [-0.39, 0.29) is 33.8 Å². The van der Waals surface area contributed by atoms with Crippen LogP contribution in [0.3, 0.4) is 0 Å². The summed E-state index contributed by atoms with van der Waals surface area (Å²) in [5.41, 5.74) is 22.0. The van der Waals surface area contributed by atoms with Crippen molar-refractivity contribution >= 4 is 96.2 Å². The highest BCUT2D eigenvalue weighted by atomic mass is 16.3. The van der Waals surface area contributed by atoms with Gasteiger partial charge >= 0.3 is 0 Å². The molecule has 2 aliphatic rings. The molecule has 0 atom stereocenters. The molecule has 8 aromatic carbocycles. The van der Waals surface area contributed by atoms with Gasteiger partial charge in [0.1, 0.15) is 11.3 Å². The molecule has 0 bridgehead atoms. The first kappa shape index (κ1) is 48.3. The molecule has 0 aliphatic carbocycles. The van der Waals surface area contributed by atoms with Crippen LogP contribution in [-0.2, 0) is 27.1 Å². The average Bonchev–Trinajstić information content (AvgIpc) is 3.71. The summed E-state index contributed by atoms with van der Waals surface area (Å²) in [5, 5.41) is 2.21. The number of nitrogens with zero attached hydrogens (tertiary/aromatic N) is 3. The zero-order valence-electron chi connectivity index (χ0n) is 45.9. The van der Waals surface area contributed by atoms with Crippen LogP contribution in [-0.4, -0.2) is 6.71 Å². The second kappa shape index (κ2) is 16.8. The molecule has 5 heteroatoms. The predicted molar refractivity (Wildman–Crippen MR) is 316 cm³/mol. The van der Waals surface area contributed by atoms with Crippen LogP contribution in [0.5, 0.6) is 0 Å². The smallest absolute Gasteiger partial charge is 0.252 e. The fraction of sp³-hybridized carbons (Fsp3) is 0.294. The van der Waals surface area contributed by atoms with Crippen molar-refractivity contribution in [2.75, 3.05) is 14.7 Å². The van der Waals surface area contributed by atoms with Crippen LogP contribution in [0.25, 0.3) is 21.9 Å². The number of anilines is 9. The molecule has 3 heterocycles. The van der Waals surface area contributed by atoms with Crippen molar-refractivity contribution in [3.63, 3.8) is 0 Å². The Morgan fingerprint density at radius 3 is 1.32 bits per heavy atom. The molecule has 9 aromatic rings. The number of hydrogen-bond acceptors (Lipinski definition) is 4. The average molecular weight is 958 g/mol. The maximum Gasteiger partial charge on any atom is 0.252 e. The van der Waals surface area contributed by atoms with E-state index in [4.69, 9.17) is 4.42 Å². The van der Waals surface area contributed by atoms with Gasteiger partial charge in [0.05, 0.1) is 5.69 Å². The molecule has 0 fully saturated rings. The van der Waals surface area contributed by atoms with Crippen LogP contribution >= 0.6 is 0 Å². The number of rotatable bonds is 5. The summed E-state index contributed by atoms with van der Waals surface area (Å²) in [6.45, 7) is 34.4. The van der Waals surface area contributed by atoms with Crippen LogP contribution in [0.4, 0.5) is 51.2 Å². The van der Waals surface area contributed by atoms with Crippen molar-refractivity contribution in [3.05, 3.63) is 192 Å². The molecule has 0 saturated heterocycles. The highest BCUT2D eigenvalue weighted by molar-refractivity contribution is 7.00. The quantitative estimate of drug-likeness (QED) is 0.160.